The number of hydrogen-bond acceptors (Lipinski definition) is 4. The summed E-state index contributed by atoms with van der Waals surface area (Å²) >= 11 is 0. The van der Waals surface area contributed by atoms with Crippen LogP contribution in [0.2, 0.25) is 0 Å². The molecular weight excluding hydrogens is 230 g/mol. The van der Waals surface area contributed by atoms with Crippen LogP contribution in [0.25, 0.3) is 0 Å². The number of hydrogen-bond donors (Lipinski definition) is 1. The minimum absolute atomic E-state index is 0.259. The van der Waals surface area contributed by atoms with Crippen LogP contribution < -0.4 is 9.47 Å². The molecule has 1 N–H and O–H groups in total. The summed E-state index contributed by atoms with van der Waals surface area (Å²) in [6.07, 6.45) is 1.05. The van der Waals surface area contributed by atoms with E-state index >= 15 is 0 Å². The highest BCUT2D eigenvalue weighted by Crippen LogP contribution is 2.46. The molecule has 18 heavy (non-hydrogen) atoms. The molecule has 2 unspecified atom stereocenters. The lowest BCUT2D eigenvalue weighted by molar-refractivity contribution is -0.0250. The number of methoxy groups -OCH3 is 2. The van der Waals surface area contributed by atoms with E-state index in [1.54, 1.807) is 14.2 Å². The van der Waals surface area contributed by atoms with E-state index in [2.05, 4.69) is 17.0 Å². The number of benzene rings is 1. The van der Waals surface area contributed by atoms with Crippen molar-refractivity contribution in [3.05, 3.63) is 23.3 Å². The number of aliphatic hydroxyl groups is 1. The van der Waals surface area contributed by atoms with Crippen LogP contribution in [0.4, 0.5) is 0 Å². The van der Waals surface area contributed by atoms with Gasteiger partial charge in [-0.3, -0.25) is 4.90 Å². The topological polar surface area (TPSA) is 41.9 Å². The van der Waals surface area contributed by atoms with Gasteiger partial charge in [-0.2, -0.15) is 0 Å². The average Bonchev–Trinajstić information content (AvgIpc) is 2.37. The van der Waals surface area contributed by atoms with Gasteiger partial charge in [0.2, 0.25) is 0 Å². The zero-order valence-corrected chi connectivity index (χ0v) is 10.8. The van der Waals surface area contributed by atoms with Crippen LogP contribution in [0.3, 0.4) is 0 Å². The number of nitrogens with zero attached hydrogens (tertiary/aromatic N) is 1. The van der Waals surface area contributed by atoms with E-state index in [1.165, 1.54) is 11.1 Å². The highest BCUT2D eigenvalue weighted by molar-refractivity contribution is 5.50. The maximum atomic E-state index is 9.40. The first-order valence-corrected chi connectivity index (χ1v) is 6.38. The van der Waals surface area contributed by atoms with Crippen LogP contribution in [-0.2, 0) is 6.42 Å². The molecule has 2 atom stereocenters. The third-order valence-corrected chi connectivity index (χ3v) is 4.18. The van der Waals surface area contributed by atoms with Gasteiger partial charge in [-0.15, -0.1) is 0 Å². The predicted octanol–water partition coefficient (Wildman–Crippen LogP) is 1.23. The Labute approximate surface area is 107 Å². The molecular formula is C14H19NO3. The normalized spacial score (nSPS) is 25.9. The third kappa shape index (κ3) is 1.60. The summed E-state index contributed by atoms with van der Waals surface area (Å²) in [7, 11) is 3.33. The van der Waals surface area contributed by atoms with E-state index in [1.807, 2.05) is 0 Å². The fourth-order valence-electron chi connectivity index (χ4n) is 3.21. The van der Waals surface area contributed by atoms with Crippen molar-refractivity contribution in [2.24, 2.45) is 5.92 Å². The smallest absolute Gasteiger partial charge is 0.161 e. The predicted molar refractivity (Wildman–Crippen MR) is 68.1 cm³/mol. The maximum Gasteiger partial charge on any atom is 0.161 e. The van der Waals surface area contributed by atoms with Gasteiger partial charge >= 0.3 is 0 Å². The Balaban J connectivity index is 2.02. The molecule has 3 rings (SSSR count). The Hall–Kier alpha value is -1.26. The Bertz CT molecular complexity index is 461. The molecule has 2 aliphatic heterocycles. The molecule has 2 aliphatic rings. The Morgan fingerprint density at radius 2 is 2.00 bits per heavy atom. The second-order valence-electron chi connectivity index (χ2n) is 5.04. The average molecular weight is 249 g/mol. The van der Waals surface area contributed by atoms with Crippen LogP contribution in [0, 0.1) is 5.92 Å². The lowest BCUT2D eigenvalue weighted by atomic mass is 9.78. The zero-order chi connectivity index (χ0) is 12.7. The monoisotopic (exact) mass is 249 g/mol. The number of fused-ring (bicyclic) bond motifs is 3. The molecule has 1 aromatic rings. The van der Waals surface area contributed by atoms with E-state index in [-0.39, 0.29) is 6.61 Å². The van der Waals surface area contributed by atoms with Gasteiger partial charge in [-0.25, -0.2) is 0 Å². The zero-order valence-electron chi connectivity index (χ0n) is 10.8. The van der Waals surface area contributed by atoms with Gasteiger partial charge in [0.15, 0.2) is 11.5 Å². The van der Waals surface area contributed by atoms with Crippen molar-refractivity contribution in [1.29, 1.82) is 0 Å². The first kappa shape index (κ1) is 11.8. The molecule has 0 spiro atoms. The first-order chi connectivity index (χ1) is 8.78. The molecule has 1 aromatic carbocycles. The van der Waals surface area contributed by atoms with Crippen LogP contribution in [0.15, 0.2) is 12.1 Å². The number of ether oxygens (including phenoxy) is 2. The van der Waals surface area contributed by atoms with Crippen LogP contribution in [0.1, 0.15) is 17.2 Å². The summed E-state index contributed by atoms with van der Waals surface area (Å²) in [6.45, 7) is 2.34. The molecule has 1 saturated heterocycles. The summed E-state index contributed by atoms with van der Waals surface area (Å²) in [5.74, 6) is 1.94. The molecule has 98 valence electrons. The van der Waals surface area contributed by atoms with Gasteiger partial charge in [-0.1, -0.05) is 0 Å². The summed E-state index contributed by atoms with van der Waals surface area (Å²) in [6, 6.07) is 4.52. The lowest BCUT2D eigenvalue weighted by Crippen LogP contribution is -2.54. The summed E-state index contributed by atoms with van der Waals surface area (Å²) in [5, 5.41) is 9.40. The maximum absolute atomic E-state index is 9.40. The molecule has 4 heteroatoms. The van der Waals surface area contributed by atoms with E-state index < -0.39 is 0 Å². The largest absolute Gasteiger partial charge is 0.493 e. The Kier molecular flexibility index (Phi) is 2.92. The summed E-state index contributed by atoms with van der Waals surface area (Å²) in [4.78, 5) is 2.43. The highest BCUT2D eigenvalue weighted by atomic mass is 16.5. The minimum Gasteiger partial charge on any atom is -0.493 e. The Morgan fingerprint density at radius 1 is 1.28 bits per heavy atom. The minimum atomic E-state index is 0.259. The summed E-state index contributed by atoms with van der Waals surface area (Å²) in [5.41, 5.74) is 2.62. The van der Waals surface area contributed by atoms with E-state index in [0.29, 0.717) is 12.0 Å². The molecule has 0 saturated carbocycles. The first-order valence-electron chi connectivity index (χ1n) is 6.38. The second-order valence-corrected chi connectivity index (χ2v) is 5.04. The van der Waals surface area contributed by atoms with Crippen molar-refractivity contribution in [1.82, 2.24) is 4.90 Å². The van der Waals surface area contributed by atoms with Gasteiger partial charge in [0.25, 0.3) is 0 Å². The van der Waals surface area contributed by atoms with Crippen LogP contribution in [-0.4, -0.2) is 43.9 Å². The Morgan fingerprint density at radius 3 is 2.67 bits per heavy atom. The highest BCUT2D eigenvalue weighted by Gasteiger charge is 2.42. The quantitative estimate of drug-likeness (QED) is 0.874. The van der Waals surface area contributed by atoms with Crippen molar-refractivity contribution in [2.45, 2.75) is 12.5 Å². The van der Waals surface area contributed by atoms with Gasteiger partial charge in [0.05, 0.1) is 14.2 Å². The van der Waals surface area contributed by atoms with Gasteiger partial charge in [0.1, 0.15) is 0 Å². The standard InChI is InChI=1S/C14H19NO3/c1-17-12-5-9-3-4-15-7-10(8-16)14(15)11(9)6-13(12)18-2/h5-6,10,14,16H,3-4,7-8H2,1-2H3. The molecule has 2 heterocycles. The molecule has 4 nitrogen and oxygen atoms in total. The van der Waals surface area contributed by atoms with Crippen LogP contribution >= 0.6 is 0 Å². The molecule has 0 aliphatic carbocycles. The van der Waals surface area contributed by atoms with Gasteiger partial charge < -0.3 is 14.6 Å². The summed E-state index contributed by atoms with van der Waals surface area (Å²) < 4.78 is 10.7. The fourth-order valence-corrected chi connectivity index (χ4v) is 3.21. The van der Waals surface area contributed by atoms with Gasteiger partial charge in [-0.05, 0) is 29.7 Å². The molecule has 0 aromatic heterocycles. The van der Waals surface area contributed by atoms with Crippen molar-refractivity contribution in [2.75, 3.05) is 33.9 Å². The van der Waals surface area contributed by atoms with E-state index in [4.69, 9.17) is 9.47 Å². The molecule has 0 radical (unpaired) electrons. The second kappa shape index (κ2) is 4.44. The van der Waals surface area contributed by atoms with Crippen molar-refractivity contribution >= 4 is 0 Å². The molecule has 0 bridgehead atoms. The number of aliphatic hydroxyl groups excluding tert-OH is 1. The SMILES string of the molecule is COc1cc2c(cc1OC)C1C(CO)CN1CC2. The van der Waals surface area contributed by atoms with Crippen molar-refractivity contribution in [3.8, 4) is 11.5 Å². The van der Waals surface area contributed by atoms with Crippen LogP contribution in [0.5, 0.6) is 11.5 Å². The van der Waals surface area contributed by atoms with E-state index in [0.717, 1.165) is 31.0 Å². The van der Waals surface area contributed by atoms with E-state index in [9.17, 15) is 5.11 Å². The lowest BCUT2D eigenvalue weighted by Gasteiger charge is -2.51. The van der Waals surface area contributed by atoms with Gasteiger partial charge in [0, 0.05) is 31.7 Å². The van der Waals surface area contributed by atoms with Crippen molar-refractivity contribution < 1.29 is 14.6 Å². The third-order valence-electron chi connectivity index (χ3n) is 4.18. The molecule has 0 amide bonds. The fraction of sp³-hybridized carbons (Fsp3) is 0.571. The molecule has 1 fully saturated rings. The van der Waals surface area contributed by atoms with Crippen molar-refractivity contribution in [3.63, 3.8) is 0 Å². The number of rotatable bonds is 3.